The van der Waals surface area contributed by atoms with Gasteiger partial charge < -0.3 is 26.9 Å². The molecular formula is C19H20Cl2N3O2S-. The zero-order chi connectivity index (χ0) is 18.2. The molecule has 3 rings (SSSR count). The SMILES string of the molecule is COc1ccc(-c2ccc(CNCCCSc3ncccn3)o2)cc1Cl.[Cl-]. The highest BCUT2D eigenvalue weighted by Gasteiger charge is 2.08. The highest BCUT2D eigenvalue weighted by Crippen LogP contribution is 2.31. The van der Waals surface area contributed by atoms with Crippen molar-refractivity contribution in [1.82, 2.24) is 15.3 Å². The molecule has 0 radical (unpaired) electrons. The fourth-order valence-electron chi connectivity index (χ4n) is 2.38. The van der Waals surface area contributed by atoms with Crippen molar-refractivity contribution in [2.24, 2.45) is 0 Å². The van der Waals surface area contributed by atoms with Gasteiger partial charge >= 0.3 is 0 Å². The van der Waals surface area contributed by atoms with Crippen LogP contribution >= 0.6 is 23.4 Å². The molecule has 0 aliphatic carbocycles. The van der Waals surface area contributed by atoms with Crippen LogP contribution in [0.4, 0.5) is 0 Å². The lowest BCUT2D eigenvalue weighted by molar-refractivity contribution is -0.00000610. The minimum absolute atomic E-state index is 0. The number of ether oxygens (including phenoxy) is 1. The third kappa shape index (κ3) is 6.43. The molecule has 2 aromatic heterocycles. The summed E-state index contributed by atoms with van der Waals surface area (Å²) >= 11 is 7.84. The van der Waals surface area contributed by atoms with Gasteiger partial charge in [-0.1, -0.05) is 23.4 Å². The molecule has 1 aromatic carbocycles. The van der Waals surface area contributed by atoms with Crippen molar-refractivity contribution in [3.8, 4) is 17.1 Å². The summed E-state index contributed by atoms with van der Waals surface area (Å²) in [4.78, 5) is 8.38. The first-order chi connectivity index (χ1) is 12.8. The predicted octanol–water partition coefficient (Wildman–Crippen LogP) is 1.67. The Morgan fingerprint density at radius 1 is 1.19 bits per heavy atom. The molecule has 0 unspecified atom stereocenters. The molecule has 27 heavy (non-hydrogen) atoms. The highest BCUT2D eigenvalue weighted by molar-refractivity contribution is 7.99. The fourth-order valence-corrected chi connectivity index (χ4v) is 3.38. The zero-order valence-electron chi connectivity index (χ0n) is 14.8. The van der Waals surface area contributed by atoms with E-state index in [0.29, 0.717) is 17.3 Å². The summed E-state index contributed by atoms with van der Waals surface area (Å²) in [5.74, 6) is 3.32. The van der Waals surface area contributed by atoms with Gasteiger partial charge in [0.15, 0.2) is 5.16 Å². The maximum absolute atomic E-state index is 6.17. The number of nitrogens with zero attached hydrogens (tertiary/aromatic N) is 2. The largest absolute Gasteiger partial charge is 1.00 e. The average molecular weight is 425 g/mol. The Balaban J connectivity index is 0.00000261. The summed E-state index contributed by atoms with van der Waals surface area (Å²) in [6.07, 6.45) is 4.56. The van der Waals surface area contributed by atoms with Crippen molar-refractivity contribution in [3.63, 3.8) is 0 Å². The van der Waals surface area contributed by atoms with E-state index in [1.165, 1.54) is 0 Å². The first-order valence-corrected chi connectivity index (χ1v) is 9.66. The summed E-state index contributed by atoms with van der Waals surface area (Å²) in [5, 5.41) is 4.78. The van der Waals surface area contributed by atoms with Crippen molar-refractivity contribution in [2.45, 2.75) is 18.1 Å². The van der Waals surface area contributed by atoms with E-state index in [1.54, 1.807) is 31.3 Å². The van der Waals surface area contributed by atoms with Gasteiger partial charge in [-0.2, -0.15) is 0 Å². The Kier molecular flexibility index (Phi) is 8.94. The van der Waals surface area contributed by atoms with Gasteiger partial charge in [-0.25, -0.2) is 9.97 Å². The second kappa shape index (κ2) is 11.2. The predicted molar refractivity (Wildman–Crippen MR) is 105 cm³/mol. The van der Waals surface area contributed by atoms with Gasteiger partial charge in [-0.05, 0) is 49.4 Å². The van der Waals surface area contributed by atoms with Crippen LogP contribution < -0.4 is 22.5 Å². The molecule has 0 atom stereocenters. The molecule has 2 heterocycles. The zero-order valence-corrected chi connectivity index (χ0v) is 17.2. The lowest BCUT2D eigenvalue weighted by Crippen LogP contribution is -3.00. The third-order valence-corrected chi connectivity index (χ3v) is 4.93. The maximum Gasteiger partial charge on any atom is 0.187 e. The number of rotatable bonds is 9. The average Bonchev–Trinajstić information content (AvgIpc) is 3.14. The molecule has 144 valence electrons. The van der Waals surface area contributed by atoms with Gasteiger partial charge in [0.1, 0.15) is 17.3 Å². The van der Waals surface area contributed by atoms with Crippen LogP contribution in [0.5, 0.6) is 5.75 Å². The lowest BCUT2D eigenvalue weighted by atomic mass is 10.2. The second-order valence-corrected chi connectivity index (χ2v) is 6.99. The quantitative estimate of drug-likeness (QED) is 0.320. The van der Waals surface area contributed by atoms with Gasteiger partial charge in [-0.15, -0.1) is 0 Å². The highest BCUT2D eigenvalue weighted by atomic mass is 35.5. The summed E-state index contributed by atoms with van der Waals surface area (Å²) in [6.45, 7) is 1.60. The topological polar surface area (TPSA) is 60.2 Å². The number of thioether (sulfide) groups is 1. The van der Waals surface area contributed by atoms with Crippen molar-refractivity contribution >= 4 is 23.4 Å². The van der Waals surface area contributed by atoms with E-state index in [1.807, 2.05) is 36.4 Å². The van der Waals surface area contributed by atoms with E-state index >= 15 is 0 Å². The van der Waals surface area contributed by atoms with Crippen LogP contribution in [0.25, 0.3) is 11.3 Å². The Morgan fingerprint density at radius 2 is 2.00 bits per heavy atom. The second-order valence-electron chi connectivity index (χ2n) is 5.53. The summed E-state index contributed by atoms with van der Waals surface area (Å²) < 4.78 is 11.1. The van der Waals surface area contributed by atoms with Crippen molar-refractivity contribution in [1.29, 1.82) is 0 Å². The number of hydrogen-bond donors (Lipinski definition) is 1. The third-order valence-electron chi connectivity index (χ3n) is 3.67. The Hall–Kier alpha value is -1.73. The van der Waals surface area contributed by atoms with Gasteiger partial charge in [0.05, 0.1) is 18.7 Å². The van der Waals surface area contributed by atoms with Crippen molar-refractivity contribution in [2.75, 3.05) is 19.4 Å². The summed E-state index contributed by atoms with van der Waals surface area (Å²) in [6, 6.07) is 11.4. The number of halogens is 2. The van der Waals surface area contributed by atoms with Gasteiger partial charge in [0, 0.05) is 23.7 Å². The molecule has 0 fully saturated rings. The molecule has 0 aliphatic rings. The monoisotopic (exact) mass is 424 g/mol. The number of benzene rings is 1. The van der Waals surface area contributed by atoms with E-state index in [4.69, 9.17) is 20.8 Å². The van der Waals surface area contributed by atoms with Crippen LogP contribution in [0.15, 0.2) is 58.4 Å². The fraction of sp³-hybridized carbons (Fsp3) is 0.263. The number of hydrogen-bond acceptors (Lipinski definition) is 6. The number of nitrogens with one attached hydrogen (secondary N) is 1. The van der Waals surface area contributed by atoms with E-state index < -0.39 is 0 Å². The van der Waals surface area contributed by atoms with E-state index in [-0.39, 0.29) is 12.4 Å². The van der Waals surface area contributed by atoms with Crippen LogP contribution in [-0.2, 0) is 6.54 Å². The number of aromatic nitrogens is 2. The van der Waals surface area contributed by atoms with Crippen LogP contribution in [0.3, 0.4) is 0 Å². The maximum atomic E-state index is 6.17. The van der Waals surface area contributed by atoms with Gasteiger partial charge in [0.2, 0.25) is 0 Å². The molecule has 0 saturated carbocycles. The molecule has 3 aromatic rings. The first-order valence-electron chi connectivity index (χ1n) is 8.29. The molecule has 0 aliphatic heterocycles. The molecule has 0 bridgehead atoms. The standard InChI is InChI=1S/C19H20ClN3O2S.ClH/c1-24-18-6-4-14(12-16(18)20)17-7-5-15(25-17)13-21-8-3-11-26-19-22-9-2-10-23-19;/h2,4-7,9-10,12,21H,3,8,11,13H2,1H3;1H/p-1. The van der Waals surface area contributed by atoms with E-state index in [2.05, 4.69) is 15.3 Å². The van der Waals surface area contributed by atoms with Crippen molar-refractivity contribution in [3.05, 3.63) is 59.6 Å². The van der Waals surface area contributed by atoms with Crippen molar-refractivity contribution < 1.29 is 21.6 Å². The minimum atomic E-state index is 0. The molecule has 5 nitrogen and oxygen atoms in total. The Bertz CT molecular complexity index is 831. The Morgan fingerprint density at radius 3 is 2.74 bits per heavy atom. The molecule has 0 saturated heterocycles. The molecule has 8 heteroatoms. The number of methoxy groups -OCH3 is 1. The van der Waals surface area contributed by atoms with E-state index in [9.17, 15) is 0 Å². The lowest BCUT2D eigenvalue weighted by Gasteiger charge is -2.05. The van der Waals surface area contributed by atoms with Crippen LogP contribution in [0.1, 0.15) is 12.2 Å². The molecule has 0 amide bonds. The molecule has 1 N–H and O–H groups in total. The Labute approximate surface area is 174 Å². The minimum Gasteiger partial charge on any atom is -1.00 e. The summed E-state index contributed by atoms with van der Waals surface area (Å²) in [7, 11) is 1.60. The van der Waals surface area contributed by atoms with Gasteiger partial charge in [0.25, 0.3) is 0 Å². The molecular weight excluding hydrogens is 405 g/mol. The van der Waals surface area contributed by atoms with Gasteiger partial charge in [-0.3, -0.25) is 0 Å². The van der Waals surface area contributed by atoms with Crippen LogP contribution in [0.2, 0.25) is 5.02 Å². The normalized spacial score (nSPS) is 10.4. The molecule has 0 spiro atoms. The first kappa shape index (κ1) is 21.6. The van der Waals surface area contributed by atoms with Crippen LogP contribution in [-0.4, -0.2) is 29.4 Å². The summed E-state index contributed by atoms with van der Waals surface area (Å²) in [5.41, 5.74) is 0.932. The van der Waals surface area contributed by atoms with Crippen LogP contribution in [0, 0.1) is 0 Å². The number of furan rings is 1. The van der Waals surface area contributed by atoms with E-state index in [0.717, 1.165) is 41.0 Å². The smallest absolute Gasteiger partial charge is 0.187 e.